The average Bonchev–Trinajstić information content (AvgIpc) is 0.763. The molecule has 0 nitrogen and oxygen atoms in total. The molecule has 17 rings (SSSR count). The molecule has 0 amide bonds. The molecule has 0 bridgehead atoms. The van der Waals surface area contributed by atoms with Crippen molar-refractivity contribution in [1.82, 2.24) is 0 Å². The van der Waals surface area contributed by atoms with E-state index in [-0.39, 0.29) is 0 Å². The second-order valence-corrected chi connectivity index (χ2v) is 32.6. The molecule has 0 aliphatic carbocycles. The highest BCUT2D eigenvalue weighted by molar-refractivity contribution is 7.20. The minimum atomic E-state index is -2.67. The van der Waals surface area contributed by atoms with Gasteiger partial charge in [-0.2, -0.15) is 0 Å². The minimum Gasteiger partial charge on any atom is -0.0623 e. The molecule has 0 aliphatic heterocycles. The van der Waals surface area contributed by atoms with Crippen LogP contribution in [0.25, 0.3) is 98.7 Å². The van der Waals surface area contributed by atoms with Crippen molar-refractivity contribution in [2.75, 3.05) is 0 Å². The van der Waals surface area contributed by atoms with Gasteiger partial charge in [0.1, 0.15) is 0 Å². The second kappa shape index (κ2) is 26.3. The summed E-state index contributed by atoms with van der Waals surface area (Å²) in [6.45, 7) is 0. The van der Waals surface area contributed by atoms with Crippen molar-refractivity contribution >= 4 is 101 Å². The summed E-state index contributed by atoms with van der Waals surface area (Å²) in [7, 11) is -5.33. The van der Waals surface area contributed by atoms with Crippen molar-refractivity contribution in [2.24, 2.45) is 0 Å². The molecule has 0 unspecified atom stereocenters. The van der Waals surface area contributed by atoms with Gasteiger partial charge < -0.3 is 0 Å². The molecule has 17 aromatic carbocycles. The lowest BCUT2D eigenvalue weighted by molar-refractivity contribution is 1.58. The van der Waals surface area contributed by atoms with E-state index >= 15 is 0 Å². The number of hydrogen-bond acceptors (Lipinski definition) is 0. The Morgan fingerprint density at radius 3 is 0.625 bits per heavy atom. The maximum atomic E-state index is 2.46. The topological polar surface area (TPSA) is 0 Å². The molecule has 0 saturated carbocycles. The third-order valence-corrected chi connectivity index (χ3v) is 29.1. The Morgan fingerprint density at radius 1 is 0.125 bits per heavy atom. The molecule has 0 heterocycles. The standard InChI is InChI=1S/C60H46Si2.C34H22/c1-7-29-53(30-8-1)61(54-31-9-2-10-32-54,55-33-11-3-12-34-55)59-41-21-27-51(45-59)49-25-19-23-47(43-49)48-24-20-26-50(44-48)52-28-22-42-60(46-52)62(56-35-13-4-14-36-56,57-37-15-5-16-38-57)58-39-17-6-18-40-58;1-3-11-25-21-27(19-17-23(25)9-1)33-29-13-5-7-15-31(29)34(32-16-8-6-14-30(32)33)28-20-18-24-10-2-4-12-26(24)22-28/h1-46H;1-22H. The van der Waals surface area contributed by atoms with E-state index in [0.29, 0.717) is 0 Å². The fourth-order valence-electron chi connectivity index (χ4n) is 15.2. The van der Waals surface area contributed by atoms with E-state index in [1.54, 1.807) is 0 Å². The molecule has 0 saturated heterocycles. The highest BCUT2D eigenvalue weighted by atomic mass is 28.3. The van der Waals surface area contributed by atoms with Gasteiger partial charge in [-0.15, -0.1) is 0 Å². The predicted molar refractivity (Wildman–Crippen MR) is 417 cm³/mol. The summed E-state index contributed by atoms with van der Waals surface area (Å²) in [6.07, 6.45) is 0. The number of hydrogen-bond donors (Lipinski definition) is 0. The van der Waals surface area contributed by atoms with Crippen LogP contribution in [0.3, 0.4) is 0 Å². The number of fused-ring (bicyclic) bond motifs is 4. The minimum absolute atomic E-state index is 1.20. The second-order valence-electron chi connectivity index (χ2n) is 25.0. The molecule has 17 aromatic rings. The van der Waals surface area contributed by atoms with Gasteiger partial charge in [0.2, 0.25) is 0 Å². The molecule has 0 aromatic heterocycles. The molecule has 0 fully saturated rings. The van der Waals surface area contributed by atoms with Crippen LogP contribution in [-0.4, -0.2) is 16.1 Å². The molecule has 0 atom stereocenters. The third-order valence-electron chi connectivity index (χ3n) is 19.6. The van der Waals surface area contributed by atoms with E-state index in [2.05, 4.69) is 413 Å². The molecule has 0 aliphatic rings. The lowest BCUT2D eigenvalue weighted by atomic mass is 9.85. The van der Waals surface area contributed by atoms with Gasteiger partial charge in [0.05, 0.1) is 0 Å². The Balaban J connectivity index is 0.000000178. The van der Waals surface area contributed by atoms with Gasteiger partial charge in [-0.25, -0.2) is 0 Å². The molecule has 0 spiro atoms. The maximum Gasteiger partial charge on any atom is 0.179 e. The van der Waals surface area contributed by atoms with Crippen LogP contribution in [0.5, 0.6) is 0 Å². The summed E-state index contributed by atoms with van der Waals surface area (Å²) in [6, 6.07) is 152. The van der Waals surface area contributed by atoms with Crippen LogP contribution in [0.4, 0.5) is 0 Å². The zero-order valence-electron chi connectivity index (χ0n) is 53.3. The van der Waals surface area contributed by atoms with Crippen molar-refractivity contribution in [3.05, 3.63) is 413 Å². The fraction of sp³-hybridized carbons (Fsp3) is 0. The Kier molecular flexibility index (Phi) is 16.2. The quantitative estimate of drug-likeness (QED) is 0.0613. The first-order valence-electron chi connectivity index (χ1n) is 33.3. The summed E-state index contributed by atoms with van der Waals surface area (Å²) < 4.78 is 0. The Labute approximate surface area is 565 Å². The smallest absolute Gasteiger partial charge is 0.0623 e. The zero-order valence-corrected chi connectivity index (χ0v) is 55.3. The molecule has 2 heteroatoms. The largest absolute Gasteiger partial charge is 0.179 e. The lowest BCUT2D eigenvalue weighted by Gasteiger charge is -2.34. The van der Waals surface area contributed by atoms with Crippen LogP contribution in [0, 0.1) is 0 Å². The number of benzene rings is 17. The van der Waals surface area contributed by atoms with Crippen molar-refractivity contribution in [3.63, 3.8) is 0 Å². The van der Waals surface area contributed by atoms with Crippen LogP contribution in [-0.2, 0) is 0 Å². The van der Waals surface area contributed by atoms with E-state index in [0.717, 1.165) is 0 Å². The maximum absolute atomic E-state index is 2.67. The van der Waals surface area contributed by atoms with Crippen LogP contribution in [0.2, 0.25) is 0 Å². The Morgan fingerprint density at radius 2 is 0.344 bits per heavy atom. The third kappa shape index (κ3) is 11.0. The molecule has 452 valence electrons. The van der Waals surface area contributed by atoms with Gasteiger partial charge >= 0.3 is 0 Å². The van der Waals surface area contributed by atoms with E-state index in [9.17, 15) is 0 Å². The van der Waals surface area contributed by atoms with Gasteiger partial charge in [0, 0.05) is 0 Å². The molecule has 0 N–H and O–H groups in total. The van der Waals surface area contributed by atoms with E-state index < -0.39 is 16.1 Å². The Hall–Kier alpha value is -11.8. The molecule has 96 heavy (non-hydrogen) atoms. The monoisotopic (exact) mass is 1250 g/mol. The molecular formula is C94H68Si2. The van der Waals surface area contributed by atoms with Gasteiger partial charge in [-0.1, -0.05) is 388 Å². The van der Waals surface area contributed by atoms with Crippen LogP contribution in [0.15, 0.2) is 413 Å². The van der Waals surface area contributed by atoms with Gasteiger partial charge in [0.25, 0.3) is 0 Å². The lowest BCUT2D eigenvalue weighted by Crippen LogP contribution is -2.74. The zero-order chi connectivity index (χ0) is 64.1. The van der Waals surface area contributed by atoms with E-state index in [1.165, 1.54) is 140 Å². The van der Waals surface area contributed by atoms with Crippen LogP contribution >= 0.6 is 0 Å². The predicted octanol–water partition coefficient (Wildman–Crippen LogP) is 19.1. The summed E-state index contributed by atoms with van der Waals surface area (Å²) in [5.41, 5.74) is 12.4. The summed E-state index contributed by atoms with van der Waals surface area (Å²) in [5, 5.41) is 21.2. The molecule has 0 radical (unpaired) electrons. The summed E-state index contributed by atoms with van der Waals surface area (Å²) >= 11 is 0. The van der Waals surface area contributed by atoms with Gasteiger partial charge in [-0.3, -0.25) is 0 Å². The Bertz CT molecular complexity index is 4980. The van der Waals surface area contributed by atoms with Gasteiger partial charge in [0.15, 0.2) is 16.1 Å². The van der Waals surface area contributed by atoms with Crippen molar-refractivity contribution in [2.45, 2.75) is 0 Å². The van der Waals surface area contributed by atoms with E-state index in [4.69, 9.17) is 0 Å². The van der Waals surface area contributed by atoms with Crippen LogP contribution in [0.1, 0.15) is 0 Å². The van der Waals surface area contributed by atoms with Crippen molar-refractivity contribution in [3.8, 4) is 55.6 Å². The first kappa shape index (κ1) is 59.2. The first-order chi connectivity index (χ1) is 47.6. The van der Waals surface area contributed by atoms with E-state index in [1.807, 2.05) is 0 Å². The average molecular weight is 1250 g/mol. The summed E-state index contributed by atoms with van der Waals surface area (Å²) in [4.78, 5) is 0. The fourth-order valence-corrected chi connectivity index (χ4v) is 24.8. The van der Waals surface area contributed by atoms with Crippen LogP contribution < -0.4 is 41.5 Å². The van der Waals surface area contributed by atoms with Gasteiger partial charge in [-0.05, 0) is 164 Å². The van der Waals surface area contributed by atoms with Crippen molar-refractivity contribution < 1.29 is 0 Å². The number of rotatable bonds is 13. The summed E-state index contributed by atoms with van der Waals surface area (Å²) in [5.74, 6) is 0. The molecular weight excluding hydrogens is 1190 g/mol. The highest BCUT2D eigenvalue weighted by Gasteiger charge is 2.43. The normalized spacial score (nSPS) is 11.5. The first-order valence-corrected chi connectivity index (χ1v) is 37.3. The SMILES string of the molecule is c1ccc([Si](c2ccccc2)(c2ccccc2)c2cccc(-c3cccc(-c4cccc(-c5cccc([Si](c6ccccc6)(c6ccccc6)c6ccccc6)c5)c4)c3)c2)cc1.c1ccc2cc(-c3c4ccccc4c(-c4ccc5ccccc5c4)c4ccccc34)ccc2c1. The highest BCUT2D eigenvalue weighted by Crippen LogP contribution is 2.45. The van der Waals surface area contributed by atoms with Crippen molar-refractivity contribution in [1.29, 1.82) is 0 Å².